The average molecular weight is 195 g/mol. The topological polar surface area (TPSA) is 19.7 Å². The van der Waals surface area contributed by atoms with Gasteiger partial charge in [-0.15, -0.1) is 0 Å². The molecular weight excluding hydrogens is 172 g/mol. The van der Waals surface area contributed by atoms with Crippen molar-refractivity contribution in [3.05, 3.63) is 18.2 Å². The summed E-state index contributed by atoms with van der Waals surface area (Å²) in [5.74, 6) is 2.09. The molecule has 1 aromatic heterocycles. The quantitative estimate of drug-likeness (QED) is 0.532. The molecule has 1 heterocycles. The second-order valence-corrected chi connectivity index (χ2v) is 4.06. The molecule has 0 aliphatic carbocycles. The zero-order valence-electron chi connectivity index (χ0n) is 9.71. The number of hydrogen-bond acceptors (Lipinski definition) is 0. The van der Waals surface area contributed by atoms with E-state index in [4.69, 9.17) is 0 Å². The van der Waals surface area contributed by atoms with E-state index in [0.717, 1.165) is 0 Å². The van der Waals surface area contributed by atoms with Gasteiger partial charge in [-0.3, -0.25) is 0 Å². The molecule has 0 aromatic carbocycles. The summed E-state index contributed by atoms with van der Waals surface area (Å²) in [6.45, 7) is 4.53. The van der Waals surface area contributed by atoms with Crippen LogP contribution in [0.15, 0.2) is 12.4 Å². The van der Waals surface area contributed by atoms with Crippen molar-refractivity contribution in [2.24, 2.45) is 7.05 Å². The largest absolute Gasteiger partial charge is 0.257 e. The van der Waals surface area contributed by atoms with Crippen LogP contribution in [0, 0.1) is 0 Å². The van der Waals surface area contributed by atoms with Gasteiger partial charge < -0.3 is 0 Å². The molecule has 1 N–H and O–H groups in total. The van der Waals surface area contributed by atoms with E-state index in [9.17, 15) is 0 Å². The van der Waals surface area contributed by atoms with Crippen LogP contribution in [0.1, 0.15) is 57.7 Å². The predicted molar refractivity (Wildman–Crippen MR) is 59.1 cm³/mol. The molecule has 1 atom stereocenters. The van der Waals surface area contributed by atoms with Crippen molar-refractivity contribution in [2.75, 3.05) is 0 Å². The van der Waals surface area contributed by atoms with Crippen LogP contribution >= 0.6 is 0 Å². The minimum absolute atomic E-state index is 0.710. The van der Waals surface area contributed by atoms with Gasteiger partial charge in [0.15, 0.2) is 0 Å². The lowest BCUT2D eigenvalue weighted by Crippen LogP contribution is -2.32. The van der Waals surface area contributed by atoms with Crippen molar-refractivity contribution in [3.8, 4) is 0 Å². The Balaban J connectivity index is 2.50. The van der Waals surface area contributed by atoms with Gasteiger partial charge in [-0.25, -0.2) is 9.55 Å². The van der Waals surface area contributed by atoms with E-state index < -0.39 is 0 Å². The number of aromatic amines is 1. The molecule has 0 saturated heterocycles. The highest BCUT2D eigenvalue weighted by molar-refractivity contribution is 4.88. The number of nitrogens with one attached hydrogen (secondary N) is 1. The Bertz CT molecular complexity index is 253. The molecule has 0 aliphatic rings. The monoisotopic (exact) mass is 195 g/mol. The smallest absolute Gasteiger partial charge is 0.247 e. The van der Waals surface area contributed by atoms with Crippen molar-refractivity contribution in [1.29, 1.82) is 0 Å². The van der Waals surface area contributed by atoms with Crippen molar-refractivity contribution in [1.82, 2.24) is 4.98 Å². The van der Waals surface area contributed by atoms with Crippen molar-refractivity contribution >= 4 is 0 Å². The Kier molecular flexibility index (Phi) is 4.71. The van der Waals surface area contributed by atoms with Crippen LogP contribution in [0.5, 0.6) is 0 Å². The molecular formula is C12H23N2+. The van der Waals surface area contributed by atoms with Gasteiger partial charge in [-0.05, 0) is 12.8 Å². The van der Waals surface area contributed by atoms with E-state index >= 15 is 0 Å². The zero-order chi connectivity index (χ0) is 10.4. The number of rotatable bonds is 6. The summed E-state index contributed by atoms with van der Waals surface area (Å²) in [7, 11) is 2.12. The summed E-state index contributed by atoms with van der Waals surface area (Å²) in [5.41, 5.74) is 0. The van der Waals surface area contributed by atoms with Crippen LogP contribution < -0.4 is 4.57 Å². The van der Waals surface area contributed by atoms with Crippen molar-refractivity contribution in [3.63, 3.8) is 0 Å². The van der Waals surface area contributed by atoms with Crippen LogP contribution in [0.2, 0.25) is 0 Å². The molecule has 2 heteroatoms. The van der Waals surface area contributed by atoms with Crippen LogP contribution in [0.3, 0.4) is 0 Å². The van der Waals surface area contributed by atoms with Crippen molar-refractivity contribution in [2.45, 2.75) is 51.9 Å². The first-order valence-corrected chi connectivity index (χ1v) is 5.82. The SMILES string of the molecule is CCCCCC(CC)c1[nH]cc[n+]1C. The summed E-state index contributed by atoms with van der Waals surface area (Å²) in [6.07, 6.45) is 10.7. The molecule has 2 nitrogen and oxygen atoms in total. The maximum atomic E-state index is 3.35. The van der Waals surface area contributed by atoms with E-state index in [1.165, 1.54) is 37.9 Å². The van der Waals surface area contributed by atoms with E-state index in [0.29, 0.717) is 5.92 Å². The van der Waals surface area contributed by atoms with Gasteiger partial charge in [0.05, 0.1) is 13.0 Å². The van der Waals surface area contributed by atoms with E-state index in [-0.39, 0.29) is 0 Å². The Morgan fingerprint density at radius 2 is 2.14 bits per heavy atom. The number of imidazole rings is 1. The second kappa shape index (κ2) is 5.84. The van der Waals surface area contributed by atoms with Crippen LogP contribution in [-0.4, -0.2) is 4.98 Å². The molecule has 0 saturated carbocycles. The molecule has 0 spiro atoms. The molecule has 0 aliphatic heterocycles. The maximum Gasteiger partial charge on any atom is 0.257 e. The number of nitrogens with zero attached hydrogens (tertiary/aromatic N) is 1. The van der Waals surface area contributed by atoms with E-state index in [2.05, 4.69) is 36.6 Å². The second-order valence-electron chi connectivity index (χ2n) is 4.06. The molecule has 1 rings (SSSR count). The van der Waals surface area contributed by atoms with Crippen LogP contribution in [-0.2, 0) is 7.05 Å². The summed E-state index contributed by atoms with van der Waals surface area (Å²) < 4.78 is 2.21. The lowest BCUT2D eigenvalue weighted by molar-refractivity contribution is -0.679. The van der Waals surface area contributed by atoms with Gasteiger partial charge in [-0.1, -0.05) is 33.1 Å². The molecule has 1 aromatic rings. The number of unbranched alkanes of at least 4 members (excludes halogenated alkanes) is 2. The van der Waals surface area contributed by atoms with E-state index in [1.54, 1.807) is 0 Å². The Morgan fingerprint density at radius 3 is 2.64 bits per heavy atom. The molecule has 0 amide bonds. The van der Waals surface area contributed by atoms with Gasteiger partial charge in [-0.2, -0.15) is 0 Å². The number of aryl methyl sites for hydroxylation is 1. The number of hydrogen-bond donors (Lipinski definition) is 1. The predicted octanol–water partition coefficient (Wildman–Crippen LogP) is 2.91. The van der Waals surface area contributed by atoms with Gasteiger partial charge in [0, 0.05) is 0 Å². The minimum Gasteiger partial charge on any atom is -0.247 e. The molecule has 0 fully saturated rings. The average Bonchev–Trinajstić information content (AvgIpc) is 2.60. The summed E-state index contributed by atoms with van der Waals surface area (Å²) >= 11 is 0. The maximum absolute atomic E-state index is 3.35. The molecule has 0 radical (unpaired) electrons. The molecule has 1 unspecified atom stereocenters. The number of H-pyrrole nitrogens is 1. The minimum atomic E-state index is 0.710. The van der Waals surface area contributed by atoms with Crippen LogP contribution in [0.4, 0.5) is 0 Å². The van der Waals surface area contributed by atoms with Gasteiger partial charge in [0.1, 0.15) is 12.4 Å². The summed E-state index contributed by atoms with van der Waals surface area (Å²) in [6, 6.07) is 0. The third-order valence-corrected chi connectivity index (χ3v) is 2.94. The summed E-state index contributed by atoms with van der Waals surface area (Å²) in [5, 5.41) is 0. The molecule has 0 bridgehead atoms. The van der Waals surface area contributed by atoms with Gasteiger partial charge in [0.2, 0.25) is 0 Å². The van der Waals surface area contributed by atoms with Gasteiger partial charge >= 0.3 is 0 Å². The zero-order valence-corrected chi connectivity index (χ0v) is 9.71. The third kappa shape index (κ3) is 2.86. The fraction of sp³-hybridized carbons (Fsp3) is 0.750. The van der Waals surface area contributed by atoms with Gasteiger partial charge in [0.25, 0.3) is 5.82 Å². The molecule has 14 heavy (non-hydrogen) atoms. The third-order valence-electron chi connectivity index (χ3n) is 2.94. The Morgan fingerprint density at radius 1 is 1.36 bits per heavy atom. The highest BCUT2D eigenvalue weighted by Gasteiger charge is 2.18. The van der Waals surface area contributed by atoms with E-state index in [1.807, 2.05) is 6.20 Å². The summed E-state index contributed by atoms with van der Waals surface area (Å²) in [4.78, 5) is 3.35. The number of aromatic nitrogens is 2. The lowest BCUT2D eigenvalue weighted by atomic mass is 9.98. The normalized spacial score (nSPS) is 13.1. The fourth-order valence-corrected chi connectivity index (χ4v) is 2.00. The molecule has 80 valence electrons. The first-order chi connectivity index (χ1) is 6.79. The fourth-order valence-electron chi connectivity index (χ4n) is 2.00. The van der Waals surface area contributed by atoms with Crippen LogP contribution in [0.25, 0.3) is 0 Å². The Hall–Kier alpha value is -0.790. The lowest BCUT2D eigenvalue weighted by Gasteiger charge is -2.09. The standard InChI is InChI=1S/C12H22N2/c1-4-6-7-8-11(5-2)12-13-9-10-14(12)3/h9-11H,4-8H2,1-3H3/p+1. The first-order valence-electron chi connectivity index (χ1n) is 5.82. The first kappa shape index (κ1) is 11.3. The Labute approximate surface area is 87.4 Å². The van der Waals surface area contributed by atoms with Crippen molar-refractivity contribution < 1.29 is 4.57 Å². The highest BCUT2D eigenvalue weighted by atomic mass is 15.0. The highest BCUT2D eigenvalue weighted by Crippen LogP contribution is 2.21.